The van der Waals surface area contributed by atoms with Gasteiger partial charge < -0.3 is 14.4 Å². The Bertz CT molecular complexity index is 1190. The Kier molecular flexibility index (Phi) is 6.66. The molecule has 3 aliphatic heterocycles. The van der Waals surface area contributed by atoms with Crippen molar-refractivity contribution in [3.63, 3.8) is 0 Å². The highest BCUT2D eigenvalue weighted by molar-refractivity contribution is 5.97. The number of carbonyl (C=O) groups is 1. The molecule has 1 atom stereocenters. The summed E-state index contributed by atoms with van der Waals surface area (Å²) in [5, 5.41) is 2.65. The van der Waals surface area contributed by atoms with Crippen LogP contribution < -0.4 is 9.47 Å². The normalized spacial score (nSPS) is 20.1. The standard InChI is InChI=1S/C28H30N2O3.ClH/c31-28-25-15-27-26(32-19-33-27)14-22(25)11-13-30(28)17-20-6-3-4-12-29(16-20)18-23-9-5-8-21-7-1-2-10-24(21)23;/h1-2,5,7-10,14-15,20H,3-4,6,11-13,16-19H2;1H. The third-order valence-corrected chi connectivity index (χ3v) is 7.37. The van der Waals surface area contributed by atoms with Crippen molar-refractivity contribution in [3.8, 4) is 11.5 Å². The van der Waals surface area contributed by atoms with Gasteiger partial charge in [0.2, 0.25) is 6.79 Å². The average molecular weight is 479 g/mol. The number of rotatable bonds is 4. The molecule has 0 aliphatic carbocycles. The molecule has 0 saturated carbocycles. The van der Waals surface area contributed by atoms with Gasteiger partial charge in [0, 0.05) is 31.7 Å². The van der Waals surface area contributed by atoms with Crippen LogP contribution in [0.15, 0.2) is 54.6 Å². The molecule has 0 aromatic heterocycles. The number of fused-ring (bicyclic) bond motifs is 3. The lowest BCUT2D eigenvalue weighted by Gasteiger charge is -2.33. The predicted molar refractivity (Wildman–Crippen MR) is 136 cm³/mol. The van der Waals surface area contributed by atoms with Gasteiger partial charge in [-0.05, 0) is 65.8 Å². The van der Waals surface area contributed by atoms with Gasteiger partial charge in [-0.25, -0.2) is 0 Å². The van der Waals surface area contributed by atoms with Crippen LogP contribution in [0.25, 0.3) is 10.8 Å². The molecular weight excluding hydrogens is 448 g/mol. The molecular formula is C28H31ClN2O3. The van der Waals surface area contributed by atoms with Crippen LogP contribution in [0, 0.1) is 5.92 Å². The van der Waals surface area contributed by atoms with E-state index in [2.05, 4.69) is 52.3 Å². The Morgan fingerprint density at radius 2 is 1.76 bits per heavy atom. The second-order valence-corrected chi connectivity index (χ2v) is 9.60. The van der Waals surface area contributed by atoms with Gasteiger partial charge in [0.1, 0.15) is 0 Å². The zero-order valence-corrected chi connectivity index (χ0v) is 20.2. The Morgan fingerprint density at radius 3 is 2.68 bits per heavy atom. The number of amides is 1. The van der Waals surface area contributed by atoms with E-state index in [4.69, 9.17) is 9.47 Å². The maximum absolute atomic E-state index is 13.3. The minimum absolute atomic E-state index is 0. The summed E-state index contributed by atoms with van der Waals surface area (Å²) in [6.45, 7) is 4.99. The fourth-order valence-electron chi connectivity index (χ4n) is 5.68. The van der Waals surface area contributed by atoms with Crippen molar-refractivity contribution < 1.29 is 14.3 Å². The molecule has 0 bridgehead atoms. The summed E-state index contributed by atoms with van der Waals surface area (Å²) >= 11 is 0. The largest absolute Gasteiger partial charge is 0.454 e. The van der Waals surface area contributed by atoms with E-state index >= 15 is 0 Å². The fourth-order valence-corrected chi connectivity index (χ4v) is 5.68. The molecule has 0 radical (unpaired) electrons. The Morgan fingerprint density at radius 1 is 0.941 bits per heavy atom. The summed E-state index contributed by atoms with van der Waals surface area (Å²) in [6.07, 6.45) is 4.52. The molecule has 34 heavy (non-hydrogen) atoms. The maximum atomic E-state index is 13.3. The Balaban J connectivity index is 0.00000241. The number of hydrogen-bond acceptors (Lipinski definition) is 4. The first kappa shape index (κ1) is 23.0. The number of benzene rings is 3. The van der Waals surface area contributed by atoms with Gasteiger partial charge >= 0.3 is 0 Å². The van der Waals surface area contributed by atoms with E-state index in [9.17, 15) is 4.79 Å². The SMILES string of the molecule is Cl.O=C1c2cc3c(cc2CCN1CC1CCCCN(Cc2cccc4ccccc24)C1)OCO3. The van der Waals surface area contributed by atoms with Crippen LogP contribution >= 0.6 is 12.4 Å². The van der Waals surface area contributed by atoms with Gasteiger partial charge in [0.25, 0.3) is 5.91 Å². The molecule has 1 fully saturated rings. The third kappa shape index (κ3) is 4.47. The second-order valence-electron chi connectivity index (χ2n) is 9.60. The van der Waals surface area contributed by atoms with E-state index in [0.717, 1.165) is 56.0 Å². The molecule has 3 aromatic rings. The van der Waals surface area contributed by atoms with Gasteiger partial charge in [-0.2, -0.15) is 0 Å². The van der Waals surface area contributed by atoms with Crippen LogP contribution in [-0.2, 0) is 13.0 Å². The molecule has 6 heteroatoms. The van der Waals surface area contributed by atoms with E-state index in [1.54, 1.807) is 0 Å². The van der Waals surface area contributed by atoms with Crippen molar-refractivity contribution in [1.29, 1.82) is 0 Å². The minimum Gasteiger partial charge on any atom is -0.454 e. The van der Waals surface area contributed by atoms with Gasteiger partial charge in [0.15, 0.2) is 11.5 Å². The number of carbonyl (C=O) groups excluding carboxylic acids is 1. The molecule has 3 aliphatic rings. The molecule has 6 rings (SSSR count). The zero-order valence-electron chi connectivity index (χ0n) is 19.4. The summed E-state index contributed by atoms with van der Waals surface area (Å²) in [7, 11) is 0. The van der Waals surface area contributed by atoms with Crippen molar-refractivity contribution in [2.45, 2.75) is 32.2 Å². The molecule has 3 aromatic carbocycles. The topological polar surface area (TPSA) is 42.0 Å². The average Bonchev–Trinajstić information content (AvgIpc) is 3.18. The number of halogens is 1. The zero-order chi connectivity index (χ0) is 22.2. The van der Waals surface area contributed by atoms with Crippen LogP contribution in [-0.4, -0.2) is 48.7 Å². The molecule has 1 saturated heterocycles. The molecule has 0 N–H and O–H groups in total. The number of hydrogen-bond donors (Lipinski definition) is 0. The monoisotopic (exact) mass is 478 g/mol. The Labute approximate surface area is 207 Å². The van der Waals surface area contributed by atoms with E-state index in [-0.39, 0.29) is 25.1 Å². The third-order valence-electron chi connectivity index (χ3n) is 7.37. The van der Waals surface area contributed by atoms with Crippen molar-refractivity contribution in [2.24, 2.45) is 5.92 Å². The smallest absolute Gasteiger partial charge is 0.254 e. The molecule has 178 valence electrons. The van der Waals surface area contributed by atoms with Crippen molar-refractivity contribution in [2.75, 3.05) is 33.0 Å². The molecule has 0 spiro atoms. The molecule has 5 nitrogen and oxygen atoms in total. The van der Waals surface area contributed by atoms with Crippen LogP contribution in [0.1, 0.15) is 40.7 Å². The first-order chi connectivity index (χ1) is 16.2. The summed E-state index contributed by atoms with van der Waals surface area (Å²) in [5.74, 6) is 2.10. The van der Waals surface area contributed by atoms with Crippen LogP contribution in [0.2, 0.25) is 0 Å². The number of ether oxygens (including phenoxy) is 2. The highest BCUT2D eigenvalue weighted by Crippen LogP contribution is 2.37. The quantitative estimate of drug-likeness (QED) is 0.511. The van der Waals surface area contributed by atoms with Crippen LogP contribution in [0.4, 0.5) is 0 Å². The summed E-state index contributed by atoms with van der Waals surface area (Å²) < 4.78 is 11.0. The molecule has 1 amide bonds. The number of nitrogens with zero attached hydrogens (tertiary/aromatic N) is 2. The molecule has 3 heterocycles. The minimum atomic E-state index is 0. The maximum Gasteiger partial charge on any atom is 0.254 e. The van der Waals surface area contributed by atoms with E-state index < -0.39 is 0 Å². The number of likely N-dealkylation sites (tertiary alicyclic amines) is 1. The van der Waals surface area contributed by atoms with Gasteiger partial charge in [-0.3, -0.25) is 9.69 Å². The van der Waals surface area contributed by atoms with Gasteiger partial charge in [-0.1, -0.05) is 48.9 Å². The predicted octanol–water partition coefficient (Wildman–Crippen LogP) is 5.29. The van der Waals surface area contributed by atoms with E-state index in [1.807, 2.05) is 12.1 Å². The highest BCUT2D eigenvalue weighted by Gasteiger charge is 2.30. The lowest BCUT2D eigenvalue weighted by Crippen LogP contribution is -2.42. The summed E-state index contributed by atoms with van der Waals surface area (Å²) in [6, 6.07) is 19.2. The summed E-state index contributed by atoms with van der Waals surface area (Å²) in [5.41, 5.74) is 3.26. The van der Waals surface area contributed by atoms with Crippen LogP contribution in [0.5, 0.6) is 11.5 Å². The van der Waals surface area contributed by atoms with Crippen molar-refractivity contribution in [1.82, 2.24) is 9.80 Å². The fraction of sp³-hybridized carbons (Fsp3) is 0.393. The van der Waals surface area contributed by atoms with Crippen LogP contribution in [0.3, 0.4) is 0 Å². The van der Waals surface area contributed by atoms with Crippen molar-refractivity contribution in [3.05, 3.63) is 71.3 Å². The first-order valence-corrected chi connectivity index (χ1v) is 12.2. The summed E-state index contributed by atoms with van der Waals surface area (Å²) in [4.78, 5) is 18.0. The van der Waals surface area contributed by atoms with Gasteiger partial charge in [0.05, 0.1) is 0 Å². The first-order valence-electron chi connectivity index (χ1n) is 12.2. The Hall–Kier alpha value is -2.76. The lowest BCUT2D eigenvalue weighted by atomic mass is 9.95. The van der Waals surface area contributed by atoms with E-state index in [0.29, 0.717) is 11.7 Å². The van der Waals surface area contributed by atoms with Gasteiger partial charge in [-0.15, -0.1) is 12.4 Å². The van der Waals surface area contributed by atoms with Crippen molar-refractivity contribution >= 4 is 29.1 Å². The second kappa shape index (κ2) is 9.85. The van der Waals surface area contributed by atoms with E-state index in [1.165, 1.54) is 35.6 Å². The molecule has 1 unspecified atom stereocenters. The lowest BCUT2D eigenvalue weighted by molar-refractivity contribution is 0.0694. The highest BCUT2D eigenvalue weighted by atomic mass is 35.5.